The number of carbonyl (C=O) groups is 11. The van der Waals surface area contributed by atoms with Crippen LogP contribution in [-0.2, 0) is 6.61 Å². The van der Waals surface area contributed by atoms with E-state index in [2.05, 4.69) is 62.8 Å². The Morgan fingerprint density at radius 2 is 0.776 bits per heavy atom. The van der Waals surface area contributed by atoms with Crippen molar-refractivity contribution in [1.82, 2.24) is 4.98 Å². The average Bonchev–Trinajstić information content (AvgIpc) is 1.67. The number of para-hydroxylation sites is 2. The summed E-state index contributed by atoms with van der Waals surface area (Å²) in [5.74, 6) is 3.45. The molecule has 0 atom stereocenters. The highest BCUT2D eigenvalue weighted by Crippen LogP contribution is 2.32. The molecule has 0 aliphatic carbocycles. The third kappa shape index (κ3) is 35.7. The number of rotatable bonds is 16. The molecule has 16 aromatic rings. The number of benzene rings is 11. The summed E-state index contributed by atoms with van der Waals surface area (Å²) in [6, 6.07) is 86.4. The van der Waals surface area contributed by atoms with Gasteiger partial charge in [-0.1, -0.05) is 279 Å². The minimum absolute atomic E-state index is 0.159. The Morgan fingerprint density at radius 1 is 0.360 bits per heavy atom. The van der Waals surface area contributed by atoms with Gasteiger partial charge < -0.3 is 22.8 Å². The lowest BCUT2D eigenvalue weighted by atomic mass is 10.0. The number of hydrogen-bond donors (Lipinski definition) is 1. The van der Waals surface area contributed by atoms with Gasteiger partial charge in [0.1, 0.15) is 67.7 Å². The van der Waals surface area contributed by atoms with Crippen molar-refractivity contribution >= 4 is 192 Å². The molecule has 0 bridgehead atoms. The first-order valence-electron chi connectivity index (χ1n) is 37.5. The van der Waals surface area contributed by atoms with Crippen LogP contribution in [0, 0.1) is 27.7 Å². The number of aldehydes is 11. The predicted octanol–water partition coefficient (Wildman–Crippen LogP) is 28.3. The maximum absolute atomic E-state index is 10.5. The fourth-order valence-electron chi connectivity index (χ4n) is 10.2. The standard InChI is InChI=1S/C13H10O.C12H7NO2S.C12H10O2.C10H12O.C9H5ClO2.C9H10O.C8H8O.C7H4Br2O.2C7H4Cl2O.C6H6O3/c14-10-11-6-8-13(9-7-11)12-4-2-1-3-5-12;14-7-8-5-6-10(15-8)12-13-9-3-1-2-4-11(9)16-12;1-9-2-4-10(5-3-9)12-7-6-11(8-13)14-12;1-8(2)10-5-3-9(7-11)4-6-10;10-9-6-3-1-2-4-7(6)12-8(9)5-11;1-7-3-4-9(6-10)5-8(7)2;1-7-2-4-8(6-9)5-3-7;3*8-6-1-5(4-10)2-7(9)3-6;7-3-5-1-2-6(4-8)9-5/h1-10H;1-7H;2-8H,1H3;3-8H,1-2H3;1-5H;3-6H,1-2H3;2-6H,1H3;3*1-4H;1-3,8H,4H2. The van der Waals surface area contributed by atoms with Crippen LogP contribution in [0.3, 0.4) is 0 Å². The van der Waals surface area contributed by atoms with E-state index in [1.54, 1.807) is 96.3 Å². The number of aliphatic hydroxyl groups excluding tert-OH is 1. The third-order valence-corrected chi connectivity index (χ3v) is 20.0. The van der Waals surface area contributed by atoms with Gasteiger partial charge in [0, 0.05) is 78.9 Å². The first kappa shape index (κ1) is 101. The maximum atomic E-state index is 10.5. The Morgan fingerprint density at radius 3 is 1.22 bits per heavy atom. The van der Waals surface area contributed by atoms with Gasteiger partial charge >= 0.3 is 0 Å². The Hall–Kier alpha value is -12.6. The maximum Gasteiger partial charge on any atom is 0.186 e. The third-order valence-electron chi connectivity index (χ3n) is 16.8. The van der Waals surface area contributed by atoms with Crippen molar-refractivity contribution in [2.45, 2.75) is 54.1 Å². The van der Waals surface area contributed by atoms with Crippen molar-refractivity contribution < 1.29 is 75.5 Å². The number of aryl methyl sites for hydroxylation is 4. The molecule has 0 spiro atoms. The normalized spacial score (nSPS) is 9.82. The second-order valence-electron chi connectivity index (χ2n) is 26.5. The summed E-state index contributed by atoms with van der Waals surface area (Å²) >= 11 is 36.3. The molecule has 0 amide bonds. The highest BCUT2D eigenvalue weighted by atomic mass is 79.9. The quantitative estimate of drug-likeness (QED) is 0.0880. The summed E-state index contributed by atoms with van der Waals surface area (Å²) in [7, 11) is 0. The summed E-state index contributed by atoms with van der Waals surface area (Å²) in [5.41, 5.74) is 15.6. The number of furan rings is 4. The molecule has 5 aromatic heterocycles. The van der Waals surface area contributed by atoms with Crippen LogP contribution >= 0.6 is 101 Å². The Labute approximate surface area is 767 Å². The fraction of sp³-hybridized carbons (Fsp3) is 0.0800. The number of halogens is 7. The molecule has 0 saturated heterocycles. The zero-order chi connectivity index (χ0) is 91.2. The monoisotopic (exact) mass is 1920 g/mol. The Kier molecular flexibility index (Phi) is 44.4. The van der Waals surface area contributed by atoms with Crippen LogP contribution < -0.4 is 0 Å². The van der Waals surface area contributed by atoms with Crippen LogP contribution in [0.4, 0.5) is 0 Å². The van der Waals surface area contributed by atoms with Gasteiger partial charge in [0.15, 0.2) is 59.0 Å². The zero-order valence-corrected chi connectivity index (χ0v) is 75.6. The van der Waals surface area contributed by atoms with Crippen LogP contribution in [-0.4, -0.2) is 79.2 Å². The fourth-order valence-corrected chi connectivity index (χ4v) is 13.8. The molecule has 636 valence electrons. The van der Waals surface area contributed by atoms with Crippen LogP contribution in [0.15, 0.2) is 312 Å². The van der Waals surface area contributed by atoms with Gasteiger partial charge in [0.25, 0.3) is 0 Å². The van der Waals surface area contributed by atoms with Crippen LogP contribution in [0.2, 0.25) is 25.1 Å². The largest absolute Gasteiger partial charge is 0.456 e. The molecule has 5 heterocycles. The number of fused-ring (bicyclic) bond motifs is 2. The van der Waals surface area contributed by atoms with E-state index in [1.807, 2.05) is 210 Å². The zero-order valence-electron chi connectivity index (χ0n) is 67.8. The molecule has 11 aromatic carbocycles. The SMILES string of the molecule is CC(C)c1ccc(C=O)cc1.Cc1ccc(-c2ccc(C=O)o2)cc1.Cc1ccc(C=O)cc1.Cc1ccc(C=O)cc1C.O=Cc1cc(Br)cc(Br)c1.O=Cc1cc(Cl)cc(Cl)c1.O=Cc1cc(Cl)cc(Cl)c1.O=Cc1ccc(-c2ccccc2)cc1.O=Cc1ccc(-c2nc3ccccc3s2)o1.O=Cc1ccc(CO)o1.O=Cc1oc2ccccc2c1Cl. The highest BCUT2D eigenvalue weighted by Gasteiger charge is 2.12. The van der Waals surface area contributed by atoms with E-state index in [0.29, 0.717) is 120 Å². The van der Waals surface area contributed by atoms with Crippen molar-refractivity contribution in [1.29, 1.82) is 0 Å². The number of hydrogen-bond acceptors (Lipinski definition) is 18. The predicted molar refractivity (Wildman–Crippen MR) is 506 cm³/mol. The summed E-state index contributed by atoms with van der Waals surface area (Å²) in [5, 5.41) is 12.3. The summed E-state index contributed by atoms with van der Waals surface area (Å²) in [4.78, 5) is 118. The van der Waals surface area contributed by atoms with Gasteiger partial charge in [-0.05, 0) is 183 Å². The topological polar surface area (TPSA) is 273 Å². The molecule has 0 unspecified atom stereocenters. The second-order valence-corrected chi connectivity index (χ2v) is 31.4. The number of nitrogens with zero attached hydrogens (tertiary/aromatic N) is 1. The number of aliphatic hydroxyl groups is 1. The van der Waals surface area contributed by atoms with E-state index in [0.717, 1.165) is 94.6 Å². The van der Waals surface area contributed by atoms with Crippen LogP contribution in [0.25, 0.3) is 54.4 Å². The molecule has 16 rings (SSSR count). The van der Waals surface area contributed by atoms with Crippen molar-refractivity contribution in [3.8, 4) is 33.2 Å². The van der Waals surface area contributed by atoms with Gasteiger partial charge in [0.2, 0.25) is 0 Å². The van der Waals surface area contributed by atoms with E-state index in [4.69, 9.17) is 80.8 Å². The van der Waals surface area contributed by atoms with Gasteiger partial charge in [-0.15, -0.1) is 11.3 Å². The minimum atomic E-state index is -0.159. The lowest BCUT2D eigenvalue weighted by Crippen LogP contribution is -1.87. The van der Waals surface area contributed by atoms with E-state index in [9.17, 15) is 52.7 Å². The first-order valence-corrected chi connectivity index (χ1v) is 41.8. The van der Waals surface area contributed by atoms with Gasteiger partial charge in [-0.2, -0.15) is 0 Å². The molecule has 0 radical (unpaired) electrons. The van der Waals surface area contributed by atoms with Crippen LogP contribution in [0.1, 0.15) is 168 Å². The van der Waals surface area contributed by atoms with Crippen LogP contribution in [0.5, 0.6) is 0 Å². The van der Waals surface area contributed by atoms with Crippen molar-refractivity contribution in [2.24, 2.45) is 0 Å². The number of carbonyl (C=O) groups excluding carboxylic acids is 11. The molecule has 17 nitrogen and oxygen atoms in total. The molecule has 0 aliphatic heterocycles. The number of aromatic nitrogens is 1. The first-order chi connectivity index (χ1) is 60.2. The molecule has 125 heavy (non-hydrogen) atoms. The highest BCUT2D eigenvalue weighted by molar-refractivity contribution is 9.11. The molecule has 0 aliphatic rings. The molecule has 0 saturated carbocycles. The Bertz CT molecular complexity index is 5940. The summed E-state index contributed by atoms with van der Waals surface area (Å²) < 4.78 is 23.5. The molecular weight excluding hydrogens is 1840 g/mol. The van der Waals surface area contributed by atoms with Crippen molar-refractivity contribution in [3.63, 3.8) is 0 Å². The van der Waals surface area contributed by atoms with Crippen molar-refractivity contribution in [2.75, 3.05) is 0 Å². The summed E-state index contributed by atoms with van der Waals surface area (Å²) in [6.07, 6.45) is 8.27. The van der Waals surface area contributed by atoms with E-state index < -0.39 is 0 Å². The summed E-state index contributed by atoms with van der Waals surface area (Å²) in [6.45, 7) is 12.2. The lowest BCUT2D eigenvalue weighted by Gasteiger charge is -2.03. The van der Waals surface area contributed by atoms with Gasteiger partial charge in [-0.25, -0.2) is 4.98 Å². The number of thiazole rings is 1. The average molecular weight is 1920 g/mol. The molecule has 0 fully saturated rings. The van der Waals surface area contributed by atoms with E-state index >= 15 is 0 Å². The molecule has 25 heteroatoms. The molecule has 1 N–H and O–H groups in total. The smallest absolute Gasteiger partial charge is 0.186 e. The van der Waals surface area contributed by atoms with Gasteiger partial charge in [0.05, 0.1) is 15.2 Å². The van der Waals surface area contributed by atoms with Crippen molar-refractivity contribution in [3.05, 3.63) is 415 Å². The van der Waals surface area contributed by atoms with E-state index in [-0.39, 0.29) is 18.1 Å². The molecular formula is C100H80Br2Cl5NO16S. The Balaban J connectivity index is 0.000000214. The second kappa shape index (κ2) is 54.8. The minimum Gasteiger partial charge on any atom is -0.456 e. The van der Waals surface area contributed by atoms with Gasteiger partial charge in [-0.3, -0.25) is 52.7 Å². The van der Waals surface area contributed by atoms with E-state index in [1.165, 1.54) is 39.4 Å². The lowest BCUT2D eigenvalue weighted by molar-refractivity contribution is 0.109.